The van der Waals surface area contributed by atoms with Gasteiger partial charge in [-0.15, -0.1) is 0 Å². The average molecular weight is 307 g/mol. The number of benzene rings is 1. The van der Waals surface area contributed by atoms with Crippen molar-refractivity contribution in [2.75, 3.05) is 5.32 Å². The predicted octanol–water partition coefficient (Wildman–Crippen LogP) is 4.01. The van der Waals surface area contributed by atoms with Crippen molar-refractivity contribution in [3.05, 3.63) is 58.9 Å². The van der Waals surface area contributed by atoms with E-state index in [-0.39, 0.29) is 5.91 Å². The number of nitrogens with one attached hydrogen (secondary N) is 1. The molecule has 1 amide bonds. The molecule has 1 aromatic heterocycles. The average Bonchev–Trinajstić information content (AvgIpc) is 2.56. The fourth-order valence-electron chi connectivity index (χ4n) is 2.30. The summed E-state index contributed by atoms with van der Waals surface area (Å²) in [4.78, 5) is 16.7. The van der Waals surface area contributed by atoms with Crippen molar-refractivity contribution < 1.29 is 4.79 Å². The first-order chi connectivity index (χ1) is 10.9. The number of pyridine rings is 1. The molecular formula is C19H21N3O. The summed E-state index contributed by atoms with van der Waals surface area (Å²) in [6, 6.07) is 11.4. The number of anilines is 1. The van der Waals surface area contributed by atoms with Crippen LogP contribution in [0.1, 0.15) is 48.0 Å². The molecular weight excluding hydrogens is 286 g/mol. The second-order valence-corrected chi connectivity index (χ2v) is 6.12. The molecule has 4 nitrogen and oxygen atoms in total. The number of rotatable bonds is 4. The summed E-state index contributed by atoms with van der Waals surface area (Å²) in [5, 5.41) is 12.1. The van der Waals surface area contributed by atoms with Gasteiger partial charge < -0.3 is 5.32 Å². The van der Waals surface area contributed by atoms with E-state index in [9.17, 15) is 10.1 Å². The van der Waals surface area contributed by atoms with Crippen molar-refractivity contribution in [2.24, 2.45) is 0 Å². The van der Waals surface area contributed by atoms with Crippen LogP contribution in [-0.2, 0) is 11.8 Å². The molecule has 2 rings (SSSR count). The Morgan fingerprint density at radius 2 is 2.04 bits per heavy atom. The Labute approximate surface area is 137 Å². The van der Waals surface area contributed by atoms with Crippen LogP contribution in [0.5, 0.6) is 0 Å². The maximum Gasteiger partial charge on any atom is 0.255 e. The summed E-state index contributed by atoms with van der Waals surface area (Å²) < 4.78 is 0. The first kappa shape index (κ1) is 16.7. The van der Waals surface area contributed by atoms with Crippen LogP contribution < -0.4 is 5.32 Å². The Bertz CT molecular complexity index is 772. The third-order valence-electron chi connectivity index (χ3n) is 3.93. The first-order valence-electron chi connectivity index (χ1n) is 7.66. The van der Waals surface area contributed by atoms with Crippen LogP contribution in [0.15, 0.2) is 36.5 Å². The molecule has 0 unspecified atom stereocenters. The zero-order valence-corrected chi connectivity index (χ0v) is 14.0. The molecule has 1 N–H and O–H groups in total. The monoisotopic (exact) mass is 307 g/mol. The van der Waals surface area contributed by atoms with E-state index < -0.39 is 5.41 Å². The van der Waals surface area contributed by atoms with Crippen LogP contribution in [0.2, 0.25) is 0 Å². The highest BCUT2D eigenvalue weighted by atomic mass is 16.1. The van der Waals surface area contributed by atoms with Crippen molar-refractivity contribution in [1.29, 1.82) is 5.26 Å². The van der Waals surface area contributed by atoms with Gasteiger partial charge in [-0.05, 0) is 62.6 Å². The summed E-state index contributed by atoms with van der Waals surface area (Å²) in [7, 11) is 0. The largest absolute Gasteiger partial charge is 0.322 e. The van der Waals surface area contributed by atoms with Gasteiger partial charge in [-0.3, -0.25) is 9.78 Å². The molecule has 0 saturated carbocycles. The minimum Gasteiger partial charge on any atom is -0.322 e. The number of hydrogen-bond acceptors (Lipinski definition) is 3. The van der Waals surface area contributed by atoms with Gasteiger partial charge in [0.2, 0.25) is 0 Å². The Balaban J connectivity index is 2.25. The zero-order valence-electron chi connectivity index (χ0n) is 14.0. The van der Waals surface area contributed by atoms with Crippen molar-refractivity contribution in [1.82, 2.24) is 4.98 Å². The topological polar surface area (TPSA) is 65.8 Å². The summed E-state index contributed by atoms with van der Waals surface area (Å²) in [6.45, 7) is 7.71. The lowest BCUT2D eigenvalue weighted by molar-refractivity contribution is 0.102. The van der Waals surface area contributed by atoms with E-state index >= 15 is 0 Å². The minimum absolute atomic E-state index is 0.201. The molecule has 0 fully saturated rings. The number of amides is 1. The highest BCUT2D eigenvalue weighted by molar-refractivity contribution is 6.04. The number of carbonyl (C=O) groups excluding carboxylic acids is 1. The van der Waals surface area contributed by atoms with Gasteiger partial charge in [0, 0.05) is 17.4 Å². The lowest BCUT2D eigenvalue weighted by Gasteiger charge is -2.15. The van der Waals surface area contributed by atoms with Crippen molar-refractivity contribution >= 4 is 11.6 Å². The van der Waals surface area contributed by atoms with Gasteiger partial charge in [-0.1, -0.05) is 13.0 Å². The molecule has 0 aliphatic carbocycles. The van der Waals surface area contributed by atoms with Gasteiger partial charge in [0.25, 0.3) is 5.91 Å². The Morgan fingerprint density at radius 1 is 1.30 bits per heavy atom. The lowest BCUT2D eigenvalue weighted by atomic mass is 9.90. The molecule has 2 aromatic rings. The summed E-state index contributed by atoms with van der Waals surface area (Å²) in [5.41, 5.74) is 3.56. The Hall–Kier alpha value is -2.67. The highest BCUT2D eigenvalue weighted by Crippen LogP contribution is 2.21. The smallest absolute Gasteiger partial charge is 0.255 e. The number of aromatic nitrogens is 1. The predicted molar refractivity (Wildman–Crippen MR) is 91.4 cm³/mol. The second kappa shape index (κ2) is 6.62. The molecule has 0 aliphatic rings. The highest BCUT2D eigenvalue weighted by Gasteiger charge is 2.22. The summed E-state index contributed by atoms with van der Waals surface area (Å²) >= 11 is 0. The molecule has 0 spiro atoms. The molecule has 4 heteroatoms. The first-order valence-corrected chi connectivity index (χ1v) is 7.66. The van der Waals surface area contributed by atoms with Gasteiger partial charge in [0.15, 0.2) is 0 Å². The number of carbonyl (C=O) groups is 1. The second-order valence-electron chi connectivity index (χ2n) is 6.12. The fourth-order valence-corrected chi connectivity index (χ4v) is 2.30. The molecule has 1 aromatic carbocycles. The van der Waals surface area contributed by atoms with E-state index in [1.54, 1.807) is 32.2 Å². The summed E-state index contributed by atoms with van der Waals surface area (Å²) in [6.07, 6.45) is 2.49. The van der Waals surface area contributed by atoms with Crippen LogP contribution in [-0.4, -0.2) is 10.9 Å². The van der Waals surface area contributed by atoms with Crippen molar-refractivity contribution in [3.63, 3.8) is 0 Å². The standard InChI is InChI=1S/C19H21N3O/c1-5-14-10-16(7-6-13(14)2)22-18(23)15-8-9-21-17(11-15)19(3,4)12-20/h6-11H,5H2,1-4H3,(H,22,23). The maximum absolute atomic E-state index is 12.4. The minimum atomic E-state index is -0.727. The third-order valence-corrected chi connectivity index (χ3v) is 3.93. The van der Waals surface area contributed by atoms with Crippen LogP contribution in [0.25, 0.3) is 0 Å². The normalized spacial score (nSPS) is 10.9. The van der Waals surface area contributed by atoms with E-state index in [0.29, 0.717) is 11.3 Å². The molecule has 0 aliphatic heterocycles. The molecule has 118 valence electrons. The van der Waals surface area contributed by atoms with Crippen LogP contribution >= 0.6 is 0 Å². The van der Waals surface area contributed by atoms with Crippen LogP contribution in [0.4, 0.5) is 5.69 Å². The van der Waals surface area contributed by atoms with E-state index in [1.807, 2.05) is 18.2 Å². The molecule has 0 radical (unpaired) electrons. The van der Waals surface area contributed by atoms with Gasteiger partial charge in [0.05, 0.1) is 17.2 Å². The SMILES string of the molecule is CCc1cc(NC(=O)c2ccnc(C(C)(C)C#N)c2)ccc1C. The quantitative estimate of drug-likeness (QED) is 0.928. The molecule has 23 heavy (non-hydrogen) atoms. The van der Waals surface area contributed by atoms with Crippen LogP contribution in [0, 0.1) is 18.3 Å². The summed E-state index contributed by atoms with van der Waals surface area (Å²) in [5.74, 6) is -0.201. The molecule has 0 saturated heterocycles. The maximum atomic E-state index is 12.4. The van der Waals surface area contributed by atoms with Gasteiger partial charge in [0.1, 0.15) is 0 Å². The molecule has 0 bridgehead atoms. The number of nitrogens with zero attached hydrogens (tertiary/aromatic N) is 2. The van der Waals surface area contributed by atoms with Gasteiger partial charge in [-0.25, -0.2) is 0 Å². The van der Waals surface area contributed by atoms with E-state index in [2.05, 4.69) is 30.2 Å². The fraction of sp³-hybridized carbons (Fsp3) is 0.316. The van der Waals surface area contributed by atoms with E-state index in [0.717, 1.165) is 12.1 Å². The van der Waals surface area contributed by atoms with Crippen molar-refractivity contribution in [3.8, 4) is 6.07 Å². The Morgan fingerprint density at radius 3 is 2.70 bits per heavy atom. The molecule has 0 atom stereocenters. The number of aryl methyl sites for hydroxylation is 2. The number of nitriles is 1. The van der Waals surface area contributed by atoms with Crippen LogP contribution in [0.3, 0.4) is 0 Å². The van der Waals surface area contributed by atoms with Gasteiger partial charge >= 0.3 is 0 Å². The van der Waals surface area contributed by atoms with Crippen molar-refractivity contribution in [2.45, 2.75) is 39.5 Å². The number of hydrogen-bond donors (Lipinski definition) is 1. The van der Waals surface area contributed by atoms with Gasteiger partial charge in [-0.2, -0.15) is 5.26 Å². The van der Waals surface area contributed by atoms with E-state index in [1.165, 1.54) is 11.1 Å². The third kappa shape index (κ3) is 3.75. The Kier molecular flexibility index (Phi) is 4.80. The molecule has 1 heterocycles. The zero-order chi connectivity index (χ0) is 17.0. The van der Waals surface area contributed by atoms with E-state index in [4.69, 9.17) is 0 Å². The lowest BCUT2D eigenvalue weighted by Crippen LogP contribution is -2.18.